The molecule has 0 N–H and O–H groups in total. The lowest BCUT2D eigenvalue weighted by atomic mass is 10.1. The number of furan rings is 1. The monoisotopic (exact) mass is 390 g/mol. The molecule has 5 nitrogen and oxygen atoms in total. The van der Waals surface area contributed by atoms with Gasteiger partial charge in [-0.2, -0.15) is 0 Å². The Balaban J connectivity index is 1.73. The van der Waals surface area contributed by atoms with Gasteiger partial charge in [0.2, 0.25) is 5.71 Å². The number of aromatic nitrogens is 4. The molecule has 4 aromatic heterocycles. The Hall–Kier alpha value is -3.99. The fraction of sp³-hybridized carbons (Fsp3) is 0.0800. The zero-order chi connectivity index (χ0) is 20.2. The first-order valence-electron chi connectivity index (χ1n) is 9.89. The first kappa shape index (κ1) is 16.9. The number of rotatable bonds is 2. The zero-order valence-corrected chi connectivity index (χ0v) is 16.6. The molecule has 0 spiro atoms. The van der Waals surface area contributed by atoms with Gasteiger partial charge in [0, 0.05) is 27.8 Å². The first-order valence-corrected chi connectivity index (χ1v) is 9.89. The van der Waals surface area contributed by atoms with Crippen LogP contribution < -0.4 is 0 Å². The Labute approximate surface area is 172 Å². The number of para-hydroxylation sites is 2. The van der Waals surface area contributed by atoms with E-state index < -0.39 is 0 Å². The van der Waals surface area contributed by atoms with E-state index in [0.717, 1.165) is 55.9 Å². The summed E-state index contributed by atoms with van der Waals surface area (Å²) in [5.74, 6) is 0.824. The molecule has 0 bridgehead atoms. The maximum atomic E-state index is 6.25. The summed E-state index contributed by atoms with van der Waals surface area (Å²) < 4.78 is 8.39. The van der Waals surface area contributed by atoms with Crippen molar-refractivity contribution in [2.24, 2.45) is 0 Å². The number of hydrogen-bond acceptors (Lipinski definition) is 4. The average Bonchev–Trinajstić information content (AvgIpc) is 3.31. The van der Waals surface area contributed by atoms with Crippen LogP contribution in [0.15, 0.2) is 77.3 Å². The van der Waals surface area contributed by atoms with E-state index in [-0.39, 0.29) is 0 Å². The van der Waals surface area contributed by atoms with Gasteiger partial charge in [-0.3, -0.25) is 9.55 Å². The largest absolute Gasteiger partial charge is 0.437 e. The highest BCUT2D eigenvalue weighted by Crippen LogP contribution is 2.37. The maximum Gasteiger partial charge on any atom is 0.227 e. The molecule has 2 aromatic carbocycles. The summed E-state index contributed by atoms with van der Waals surface area (Å²) >= 11 is 0. The molecule has 0 amide bonds. The van der Waals surface area contributed by atoms with Crippen molar-refractivity contribution >= 4 is 33.1 Å². The molecule has 0 aliphatic carbocycles. The molecule has 0 aliphatic heterocycles. The van der Waals surface area contributed by atoms with Gasteiger partial charge in [0.1, 0.15) is 11.4 Å². The smallest absolute Gasteiger partial charge is 0.227 e. The van der Waals surface area contributed by atoms with Crippen molar-refractivity contribution in [2.45, 2.75) is 13.8 Å². The van der Waals surface area contributed by atoms with Crippen LogP contribution in [0.3, 0.4) is 0 Å². The number of pyridine rings is 2. The second-order valence-electron chi connectivity index (χ2n) is 7.51. The summed E-state index contributed by atoms with van der Waals surface area (Å²) in [6.45, 7) is 3.95. The number of imidazole rings is 1. The van der Waals surface area contributed by atoms with Crippen molar-refractivity contribution < 1.29 is 4.42 Å². The van der Waals surface area contributed by atoms with Crippen LogP contribution in [-0.2, 0) is 0 Å². The van der Waals surface area contributed by atoms with Crippen LogP contribution in [-0.4, -0.2) is 19.5 Å². The predicted molar refractivity (Wildman–Crippen MR) is 119 cm³/mol. The summed E-state index contributed by atoms with van der Waals surface area (Å²) in [6.07, 6.45) is 1.89. The Morgan fingerprint density at radius 2 is 1.67 bits per heavy atom. The minimum absolute atomic E-state index is 0.650. The molecular formula is C25H18N4O. The van der Waals surface area contributed by atoms with Crippen LogP contribution in [0.4, 0.5) is 0 Å². The predicted octanol–water partition coefficient (Wildman–Crippen LogP) is 6.00. The lowest BCUT2D eigenvalue weighted by molar-refractivity contribution is 0.653. The molecule has 4 heterocycles. The summed E-state index contributed by atoms with van der Waals surface area (Å²) in [4.78, 5) is 14.1. The highest BCUT2D eigenvalue weighted by atomic mass is 16.3. The third-order valence-electron chi connectivity index (χ3n) is 5.44. The van der Waals surface area contributed by atoms with Crippen molar-refractivity contribution in [3.8, 4) is 17.1 Å². The minimum Gasteiger partial charge on any atom is -0.437 e. The van der Waals surface area contributed by atoms with E-state index >= 15 is 0 Å². The molecule has 6 rings (SSSR count). The van der Waals surface area contributed by atoms with Crippen LogP contribution in [0.2, 0.25) is 0 Å². The quantitative estimate of drug-likeness (QED) is 0.364. The van der Waals surface area contributed by atoms with Crippen LogP contribution in [0.5, 0.6) is 0 Å². The molecule has 0 saturated heterocycles. The van der Waals surface area contributed by atoms with E-state index in [1.807, 2.05) is 56.4 Å². The molecule has 0 aliphatic rings. The van der Waals surface area contributed by atoms with E-state index in [9.17, 15) is 0 Å². The van der Waals surface area contributed by atoms with Gasteiger partial charge in [-0.1, -0.05) is 30.3 Å². The Kier molecular flexibility index (Phi) is 3.53. The lowest BCUT2D eigenvalue weighted by Crippen LogP contribution is -1.97. The average molecular weight is 390 g/mol. The van der Waals surface area contributed by atoms with Crippen molar-refractivity contribution in [3.63, 3.8) is 0 Å². The van der Waals surface area contributed by atoms with Crippen molar-refractivity contribution in [2.75, 3.05) is 0 Å². The fourth-order valence-electron chi connectivity index (χ4n) is 4.04. The molecule has 0 saturated carbocycles. The Bertz CT molecular complexity index is 1560. The maximum absolute atomic E-state index is 6.25. The standard InChI is InChI=1S/C25H18N4O/c1-15-11-12-19-18-9-6-10-20(23(18)30-25(19)27-15)24-28-21-13-16(2)26-14-22(21)29(24)17-7-4-3-5-8-17/h3-14H,1-2H3. The molecule has 0 unspecified atom stereocenters. The highest BCUT2D eigenvalue weighted by molar-refractivity contribution is 6.08. The van der Waals surface area contributed by atoms with E-state index in [1.54, 1.807) is 0 Å². The minimum atomic E-state index is 0.650. The molecule has 30 heavy (non-hydrogen) atoms. The third-order valence-corrected chi connectivity index (χ3v) is 5.44. The molecule has 0 fully saturated rings. The second-order valence-corrected chi connectivity index (χ2v) is 7.51. The SMILES string of the molecule is Cc1cc2nc(-c3cccc4c3oc3nc(C)ccc34)n(-c3ccccc3)c2cn1. The van der Waals surface area contributed by atoms with Gasteiger partial charge < -0.3 is 4.42 Å². The normalized spacial score (nSPS) is 11.7. The Morgan fingerprint density at radius 1 is 0.800 bits per heavy atom. The highest BCUT2D eigenvalue weighted by Gasteiger charge is 2.20. The zero-order valence-electron chi connectivity index (χ0n) is 16.6. The molecule has 0 radical (unpaired) electrons. The molecule has 0 atom stereocenters. The number of fused-ring (bicyclic) bond motifs is 4. The fourth-order valence-corrected chi connectivity index (χ4v) is 4.04. The number of hydrogen-bond donors (Lipinski definition) is 0. The molecule has 144 valence electrons. The van der Waals surface area contributed by atoms with Crippen molar-refractivity contribution in [1.82, 2.24) is 19.5 Å². The van der Waals surface area contributed by atoms with E-state index in [4.69, 9.17) is 9.40 Å². The van der Waals surface area contributed by atoms with Crippen LogP contribution >= 0.6 is 0 Å². The van der Waals surface area contributed by atoms with Crippen LogP contribution in [0, 0.1) is 13.8 Å². The van der Waals surface area contributed by atoms with Gasteiger partial charge >= 0.3 is 0 Å². The molecular weight excluding hydrogens is 372 g/mol. The molecule has 5 heteroatoms. The van der Waals surface area contributed by atoms with E-state index in [0.29, 0.717) is 5.71 Å². The van der Waals surface area contributed by atoms with Crippen molar-refractivity contribution in [1.29, 1.82) is 0 Å². The van der Waals surface area contributed by atoms with Crippen LogP contribution in [0.25, 0.3) is 50.2 Å². The topological polar surface area (TPSA) is 56.7 Å². The van der Waals surface area contributed by atoms with Gasteiger partial charge in [0.15, 0.2) is 0 Å². The Morgan fingerprint density at radius 3 is 2.53 bits per heavy atom. The number of aryl methyl sites for hydroxylation is 2. The summed E-state index contributed by atoms with van der Waals surface area (Å²) in [5.41, 5.74) is 7.14. The molecule has 6 aromatic rings. The second kappa shape index (κ2) is 6.26. The van der Waals surface area contributed by atoms with Crippen molar-refractivity contribution in [3.05, 3.63) is 84.3 Å². The summed E-state index contributed by atoms with van der Waals surface area (Å²) in [5, 5.41) is 2.05. The summed E-state index contributed by atoms with van der Waals surface area (Å²) in [7, 11) is 0. The summed E-state index contributed by atoms with van der Waals surface area (Å²) in [6, 6.07) is 22.5. The third kappa shape index (κ3) is 2.45. The number of nitrogens with zero attached hydrogens (tertiary/aromatic N) is 4. The van der Waals surface area contributed by atoms with Gasteiger partial charge in [0.05, 0.1) is 22.8 Å². The van der Waals surface area contributed by atoms with E-state index in [1.165, 1.54) is 0 Å². The van der Waals surface area contributed by atoms with Gasteiger partial charge in [-0.15, -0.1) is 0 Å². The van der Waals surface area contributed by atoms with Gasteiger partial charge in [-0.05, 0) is 50.2 Å². The van der Waals surface area contributed by atoms with Gasteiger partial charge in [0.25, 0.3) is 0 Å². The van der Waals surface area contributed by atoms with E-state index in [2.05, 4.69) is 44.9 Å². The first-order chi connectivity index (χ1) is 14.7. The number of benzene rings is 2. The van der Waals surface area contributed by atoms with Crippen LogP contribution in [0.1, 0.15) is 11.4 Å². The van der Waals surface area contributed by atoms with Gasteiger partial charge in [-0.25, -0.2) is 9.97 Å². The lowest BCUT2D eigenvalue weighted by Gasteiger charge is -2.09.